The number of hydrogen-bond donors (Lipinski definition) is 0. The van der Waals surface area contributed by atoms with Gasteiger partial charge in [-0.3, -0.25) is 4.79 Å². The number of aryl methyl sites for hydroxylation is 1. The molecule has 0 radical (unpaired) electrons. The van der Waals surface area contributed by atoms with Crippen molar-refractivity contribution in [2.45, 2.75) is 20.4 Å². The topological polar surface area (TPSA) is 47.4 Å². The van der Waals surface area contributed by atoms with Gasteiger partial charge in [0.25, 0.3) is 5.91 Å². The highest BCUT2D eigenvalue weighted by Crippen LogP contribution is 2.18. The van der Waals surface area contributed by atoms with Crippen LogP contribution in [0.1, 0.15) is 28.7 Å². The van der Waals surface area contributed by atoms with Crippen molar-refractivity contribution in [1.82, 2.24) is 14.7 Å². The molecule has 3 aromatic rings. The fraction of sp³-hybridized carbons (Fsp3) is 0.238. The van der Waals surface area contributed by atoms with Crippen LogP contribution in [-0.4, -0.2) is 34.2 Å². The van der Waals surface area contributed by atoms with Gasteiger partial charge in [0.2, 0.25) is 0 Å². The summed E-state index contributed by atoms with van der Waals surface area (Å²) in [7, 11) is 1.64. The lowest BCUT2D eigenvalue weighted by Gasteiger charge is -2.19. The summed E-state index contributed by atoms with van der Waals surface area (Å²) in [6.07, 6.45) is 0. The van der Waals surface area contributed by atoms with Crippen molar-refractivity contribution in [1.29, 1.82) is 0 Å². The van der Waals surface area contributed by atoms with Crippen molar-refractivity contribution in [2.24, 2.45) is 0 Å². The van der Waals surface area contributed by atoms with Crippen molar-refractivity contribution >= 4 is 5.91 Å². The van der Waals surface area contributed by atoms with E-state index in [4.69, 9.17) is 4.74 Å². The van der Waals surface area contributed by atoms with E-state index in [0.717, 1.165) is 22.7 Å². The van der Waals surface area contributed by atoms with E-state index in [9.17, 15) is 4.79 Å². The summed E-state index contributed by atoms with van der Waals surface area (Å²) in [6.45, 7) is 5.13. The van der Waals surface area contributed by atoms with Crippen LogP contribution in [0.2, 0.25) is 0 Å². The lowest BCUT2D eigenvalue weighted by molar-refractivity contribution is 0.0746. The van der Waals surface area contributed by atoms with Gasteiger partial charge in [-0.05, 0) is 49.7 Å². The zero-order chi connectivity index (χ0) is 18.5. The van der Waals surface area contributed by atoms with E-state index < -0.39 is 0 Å². The van der Waals surface area contributed by atoms with Crippen molar-refractivity contribution in [3.8, 4) is 11.4 Å². The van der Waals surface area contributed by atoms with Crippen LogP contribution >= 0.6 is 0 Å². The van der Waals surface area contributed by atoms with E-state index in [0.29, 0.717) is 18.8 Å². The summed E-state index contributed by atoms with van der Waals surface area (Å²) in [5.41, 5.74) is 3.37. The molecule has 1 heterocycles. The Balaban J connectivity index is 1.83. The number of rotatable bonds is 6. The number of benzene rings is 2. The summed E-state index contributed by atoms with van der Waals surface area (Å²) < 4.78 is 6.97. The Bertz CT molecular complexity index is 870. The molecule has 1 aromatic heterocycles. The average Bonchev–Trinajstić information content (AvgIpc) is 3.08. The summed E-state index contributed by atoms with van der Waals surface area (Å²) in [5, 5.41) is 4.53. The number of amides is 1. The third-order valence-electron chi connectivity index (χ3n) is 4.31. The van der Waals surface area contributed by atoms with Crippen LogP contribution < -0.4 is 4.74 Å². The van der Waals surface area contributed by atoms with Crippen LogP contribution in [0.15, 0.2) is 60.7 Å². The van der Waals surface area contributed by atoms with Gasteiger partial charge in [-0.25, -0.2) is 4.68 Å². The minimum absolute atomic E-state index is 0.0632. The highest BCUT2D eigenvalue weighted by molar-refractivity contribution is 5.92. The second kappa shape index (κ2) is 7.87. The van der Waals surface area contributed by atoms with Gasteiger partial charge in [-0.15, -0.1) is 0 Å². The quantitative estimate of drug-likeness (QED) is 0.679. The second-order valence-electron chi connectivity index (χ2n) is 6.09. The molecule has 0 atom stereocenters. The number of ether oxygens (including phenoxy) is 1. The predicted octanol–water partition coefficient (Wildman–Crippen LogP) is 3.85. The number of nitrogens with zero attached hydrogens (tertiary/aromatic N) is 3. The molecule has 5 nitrogen and oxygen atoms in total. The van der Waals surface area contributed by atoms with Crippen LogP contribution in [0, 0.1) is 6.92 Å². The van der Waals surface area contributed by atoms with Gasteiger partial charge < -0.3 is 9.64 Å². The van der Waals surface area contributed by atoms with Crippen molar-refractivity contribution in [3.05, 3.63) is 77.6 Å². The van der Waals surface area contributed by atoms with Crippen LogP contribution in [0.3, 0.4) is 0 Å². The molecule has 1 amide bonds. The van der Waals surface area contributed by atoms with Crippen molar-refractivity contribution in [3.63, 3.8) is 0 Å². The molecule has 0 aliphatic rings. The van der Waals surface area contributed by atoms with Crippen LogP contribution in [0.4, 0.5) is 0 Å². The van der Waals surface area contributed by atoms with Crippen molar-refractivity contribution < 1.29 is 9.53 Å². The minimum Gasteiger partial charge on any atom is -0.497 e. The number of carbonyl (C=O) groups is 1. The number of carbonyl (C=O) groups excluding carboxylic acids is 1. The third kappa shape index (κ3) is 3.77. The van der Waals surface area contributed by atoms with Crippen LogP contribution in [0.25, 0.3) is 5.69 Å². The summed E-state index contributed by atoms with van der Waals surface area (Å²) in [6, 6.07) is 19.4. The van der Waals surface area contributed by atoms with Gasteiger partial charge in [-0.2, -0.15) is 5.10 Å². The summed E-state index contributed by atoms with van der Waals surface area (Å²) in [5.74, 6) is 0.724. The number of hydrogen-bond acceptors (Lipinski definition) is 3. The summed E-state index contributed by atoms with van der Waals surface area (Å²) >= 11 is 0. The Hall–Kier alpha value is -3.08. The van der Waals surface area contributed by atoms with Gasteiger partial charge in [0.15, 0.2) is 5.69 Å². The SMILES string of the molecule is CCN(Cc1ccccc1)C(=O)c1cc(C)n(-c2ccc(OC)cc2)n1. The Labute approximate surface area is 153 Å². The first-order valence-electron chi connectivity index (χ1n) is 8.66. The lowest BCUT2D eigenvalue weighted by atomic mass is 10.2. The van der Waals surface area contributed by atoms with Gasteiger partial charge in [0, 0.05) is 18.8 Å². The molecule has 0 aliphatic heterocycles. The largest absolute Gasteiger partial charge is 0.497 e. The van der Waals surface area contributed by atoms with Crippen molar-refractivity contribution in [2.75, 3.05) is 13.7 Å². The molecular weight excluding hydrogens is 326 g/mol. The van der Waals surface area contributed by atoms with E-state index in [1.807, 2.05) is 74.5 Å². The molecule has 0 saturated carbocycles. The maximum Gasteiger partial charge on any atom is 0.274 e. The zero-order valence-electron chi connectivity index (χ0n) is 15.3. The highest BCUT2D eigenvalue weighted by Gasteiger charge is 2.19. The van der Waals surface area contributed by atoms with Gasteiger partial charge in [-0.1, -0.05) is 30.3 Å². The Kier molecular flexibility index (Phi) is 5.37. The highest BCUT2D eigenvalue weighted by atomic mass is 16.5. The Morgan fingerprint density at radius 1 is 1.12 bits per heavy atom. The van der Waals surface area contributed by atoms with E-state index in [1.165, 1.54) is 0 Å². The first-order chi connectivity index (χ1) is 12.6. The number of methoxy groups -OCH3 is 1. The van der Waals surface area contributed by atoms with E-state index in [2.05, 4.69) is 5.10 Å². The van der Waals surface area contributed by atoms with Crippen LogP contribution in [-0.2, 0) is 6.54 Å². The second-order valence-corrected chi connectivity index (χ2v) is 6.09. The fourth-order valence-corrected chi connectivity index (χ4v) is 2.86. The zero-order valence-corrected chi connectivity index (χ0v) is 15.3. The molecule has 0 saturated heterocycles. The average molecular weight is 349 g/mol. The normalized spacial score (nSPS) is 10.6. The molecule has 0 fully saturated rings. The first kappa shape index (κ1) is 17.7. The fourth-order valence-electron chi connectivity index (χ4n) is 2.86. The predicted molar refractivity (Wildman–Crippen MR) is 102 cm³/mol. The van der Waals surface area contributed by atoms with Gasteiger partial charge in [0.05, 0.1) is 12.8 Å². The lowest BCUT2D eigenvalue weighted by Crippen LogP contribution is -2.30. The molecule has 3 rings (SSSR count). The minimum atomic E-state index is -0.0632. The molecule has 0 bridgehead atoms. The van der Waals surface area contributed by atoms with Gasteiger partial charge >= 0.3 is 0 Å². The van der Waals surface area contributed by atoms with E-state index in [-0.39, 0.29) is 5.91 Å². The summed E-state index contributed by atoms with van der Waals surface area (Å²) in [4.78, 5) is 14.7. The molecule has 5 heteroatoms. The maximum absolute atomic E-state index is 12.9. The third-order valence-corrected chi connectivity index (χ3v) is 4.31. The molecule has 0 aliphatic carbocycles. The van der Waals surface area contributed by atoms with E-state index in [1.54, 1.807) is 16.7 Å². The smallest absolute Gasteiger partial charge is 0.274 e. The first-order valence-corrected chi connectivity index (χ1v) is 8.66. The Morgan fingerprint density at radius 2 is 1.81 bits per heavy atom. The molecule has 134 valence electrons. The maximum atomic E-state index is 12.9. The molecule has 2 aromatic carbocycles. The molecule has 0 spiro atoms. The Morgan fingerprint density at radius 3 is 2.42 bits per heavy atom. The van der Waals surface area contributed by atoms with Crippen LogP contribution in [0.5, 0.6) is 5.75 Å². The molecule has 26 heavy (non-hydrogen) atoms. The standard InChI is InChI=1S/C21H23N3O2/c1-4-23(15-17-8-6-5-7-9-17)21(25)20-14-16(2)24(22-20)18-10-12-19(26-3)13-11-18/h5-14H,4,15H2,1-3H3. The monoisotopic (exact) mass is 349 g/mol. The van der Waals surface area contributed by atoms with Gasteiger partial charge in [0.1, 0.15) is 5.75 Å². The molecular formula is C21H23N3O2. The molecule has 0 unspecified atom stereocenters. The van der Waals surface area contributed by atoms with E-state index >= 15 is 0 Å². The molecule has 0 N–H and O–H groups in total. The number of aromatic nitrogens is 2.